The van der Waals surface area contributed by atoms with E-state index in [9.17, 15) is 18.0 Å². The Morgan fingerprint density at radius 1 is 1.03 bits per heavy atom. The third-order valence-electron chi connectivity index (χ3n) is 5.67. The molecular formula is C24H28N4O4S. The standard InChI is InChI=1S/C24H28N4O4S/c1-17(2)16-28-24(30)21-12-5-4-11-20(21)22(26-28)23(29)25-18-9-8-10-19(15-18)33(31,32)27-13-6-3-7-14-27/h4-5,8-12,15,17H,3,6-7,13-14,16H2,1-2H3,(H,25,29). The highest BCUT2D eigenvalue weighted by molar-refractivity contribution is 7.89. The van der Waals surface area contributed by atoms with Crippen LogP contribution in [0.15, 0.2) is 58.2 Å². The van der Waals surface area contributed by atoms with E-state index in [1.807, 2.05) is 13.8 Å². The molecule has 0 spiro atoms. The van der Waals surface area contributed by atoms with Crippen LogP contribution in [0.1, 0.15) is 43.6 Å². The Morgan fingerprint density at radius 2 is 1.73 bits per heavy atom. The average molecular weight is 469 g/mol. The summed E-state index contributed by atoms with van der Waals surface area (Å²) < 4.78 is 28.8. The monoisotopic (exact) mass is 468 g/mol. The van der Waals surface area contributed by atoms with Gasteiger partial charge in [0.25, 0.3) is 11.5 Å². The molecule has 0 aliphatic carbocycles. The Labute approximate surface area is 193 Å². The molecule has 174 valence electrons. The maximum atomic E-state index is 13.2. The Balaban J connectivity index is 1.67. The molecule has 9 heteroatoms. The summed E-state index contributed by atoms with van der Waals surface area (Å²) in [5.74, 6) is -0.333. The summed E-state index contributed by atoms with van der Waals surface area (Å²) >= 11 is 0. The zero-order chi connectivity index (χ0) is 23.6. The predicted molar refractivity (Wildman–Crippen MR) is 128 cm³/mol. The summed E-state index contributed by atoms with van der Waals surface area (Å²) in [4.78, 5) is 26.1. The van der Waals surface area contributed by atoms with Gasteiger partial charge in [0.15, 0.2) is 5.69 Å². The van der Waals surface area contributed by atoms with Gasteiger partial charge in [0, 0.05) is 30.7 Å². The van der Waals surface area contributed by atoms with Crippen molar-refractivity contribution in [3.63, 3.8) is 0 Å². The molecule has 1 amide bonds. The summed E-state index contributed by atoms with van der Waals surface area (Å²) in [5.41, 5.74) is 0.228. The number of carbonyl (C=O) groups excluding carboxylic acids is 1. The van der Waals surface area contributed by atoms with Crippen LogP contribution in [0.3, 0.4) is 0 Å². The Morgan fingerprint density at radius 3 is 2.42 bits per heavy atom. The van der Waals surface area contributed by atoms with Crippen LogP contribution in [-0.2, 0) is 16.6 Å². The SMILES string of the molecule is CC(C)Cn1nc(C(=O)Nc2cccc(S(=O)(=O)N3CCCCC3)c2)c2ccccc2c1=O. The fourth-order valence-electron chi connectivity index (χ4n) is 4.05. The van der Waals surface area contributed by atoms with Gasteiger partial charge < -0.3 is 5.32 Å². The van der Waals surface area contributed by atoms with E-state index in [2.05, 4.69) is 10.4 Å². The highest BCUT2D eigenvalue weighted by atomic mass is 32.2. The largest absolute Gasteiger partial charge is 0.321 e. The summed E-state index contributed by atoms with van der Waals surface area (Å²) in [7, 11) is -3.62. The minimum Gasteiger partial charge on any atom is -0.321 e. The zero-order valence-corrected chi connectivity index (χ0v) is 19.6. The van der Waals surface area contributed by atoms with Crippen molar-refractivity contribution in [1.29, 1.82) is 0 Å². The average Bonchev–Trinajstić information content (AvgIpc) is 2.81. The summed E-state index contributed by atoms with van der Waals surface area (Å²) in [5, 5.41) is 7.99. The van der Waals surface area contributed by atoms with Crippen molar-refractivity contribution in [3.8, 4) is 0 Å². The highest BCUT2D eigenvalue weighted by Crippen LogP contribution is 2.23. The van der Waals surface area contributed by atoms with Gasteiger partial charge in [-0.2, -0.15) is 9.40 Å². The molecule has 1 aromatic heterocycles. The topological polar surface area (TPSA) is 101 Å². The number of nitrogens with zero attached hydrogens (tertiary/aromatic N) is 3. The van der Waals surface area contributed by atoms with Crippen molar-refractivity contribution >= 4 is 32.4 Å². The number of benzene rings is 2. The number of rotatable bonds is 6. The number of piperidine rings is 1. The smallest absolute Gasteiger partial charge is 0.276 e. The van der Waals surface area contributed by atoms with Gasteiger partial charge in [-0.05, 0) is 43.0 Å². The minimum atomic E-state index is -3.62. The molecule has 2 heterocycles. The zero-order valence-electron chi connectivity index (χ0n) is 18.8. The number of nitrogens with one attached hydrogen (secondary N) is 1. The van der Waals surface area contributed by atoms with E-state index in [1.165, 1.54) is 21.1 Å². The van der Waals surface area contributed by atoms with Crippen LogP contribution in [0.5, 0.6) is 0 Å². The first-order chi connectivity index (χ1) is 15.8. The summed E-state index contributed by atoms with van der Waals surface area (Å²) in [6.07, 6.45) is 2.73. The molecule has 1 N–H and O–H groups in total. The molecule has 33 heavy (non-hydrogen) atoms. The molecule has 1 fully saturated rings. The van der Waals surface area contributed by atoms with Crippen molar-refractivity contribution in [3.05, 3.63) is 64.6 Å². The maximum absolute atomic E-state index is 13.2. The lowest BCUT2D eigenvalue weighted by Gasteiger charge is -2.26. The van der Waals surface area contributed by atoms with E-state index in [0.717, 1.165) is 19.3 Å². The number of carbonyl (C=O) groups is 1. The van der Waals surface area contributed by atoms with E-state index in [1.54, 1.807) is 36.4 Å². The Bertz CT molecular complexity index is 1340. The second-order valence-corrected chi connectivity index (χ2v) is 10.7. The molecule has 0 unspecified atom stereocenters. The molecule has 4 rings (SSSR count). The molecule has 2 aromatic carbocycles. The molecule has 0 atom stereocenters. The third kappa shape index (κ3) is 4.84. The van der Waals surface area contributed by atoms with Crippen LogP contribution in [-0.4, -0.2) is 41.5 Å². The Hall–Kier alpha value is -3.04. The lowest BCUT2D eigenvalue weighted by molar-refractivity contribution is 0.102. The number of amides is 1. The van der Waals surface area contributed by atoms with Gasteiger partial charge in [-0.1, -0.05) is 44.5 Å². The molecule has 1 saturated heterocycles. The van der Waals surface area contributed by atoms with Crippen LogP contribution in [0, 0.1) is 5.92 Å². The van der Waals surface area contributed by atoms with Gasteiger partial charge >= 0.3 is 0 Å². The van der Waals surface area contributed by atoms with E-state index in [0.29, 0.717) is 36.1 Å². The first-order valence-electron chi connectivity index (χ1n) is 11.2. The van der Waals surface area contributed by atoms with Crippen molar-refractivity contribution in [1.82, 2.24) is 14.1 Å². The van der Waals surface area contributed by atoms with Crippen molar-refractivity contribution in [2.24, 2.45) is 5.92 Å². The number of aromatic nitrogens is 2. The third-order valence-corrected chi connectivity index (χ3v) is 7.56. The molecule has 0 saturated carbocycles. The van der Waals surface area contributed by atoms with Crippen molar-refractivity contribution < 1.29 is 13.2 Å². The summed E-state index contributed by atoms with van der Waals surface area (Å²) in [6.45, 7) is 5.33. The molecule has 3 aromatic rings. The molecule has 0 bridgehead atoms. The molecular weight excluding hydrogens is 440 g/mol. The van der Waals surface area contributed by atoms with E-state index < -0.39 is 15.9 Å². The van der Waals surface area contributed by atoms with E-state index >= 15 is 0 Å². The lowest BCUT2D eigenvalue weighted by Crippen LogP contribution is -2.35. The van der Waals surface area contributed by atoms with E-state index in [-0.39, 0.29) is 22.1 Å². The van der Waals surface area contributed by atoms with Gasteiger partial charge in [-0.3, -0.25) is 9.59 Å². The number of hydrogen-bond acceptors (Lipinski definition) is 5. The van der Waals surface area contributed by atoms with Gasteiger partial charge in [-0.15, -0.1) is 0 Å². The highest BCUT2D eigenvalue weighted by Gasteiger charge is 2.26. The minimum absolute atomic E-state index is 0.121. The normalized spacial score (nSPS) is 15.1. The maximum Gasteiger partial charge on any atom is 0.276 e. The second-order valence-electron chi connectivity index (χ2n) is 8.72. The number of hydrogen-bond donors (Lipinski definition) is 1. The van der Waals surface area contributed by atoms with Crippen LogP contribution < -0.4 is 10.9 Å². The summed E-state index contributed by atoms with van der Waals surface area (Å²) in [6, 6.07) is 13.1. The molecule has 8 nitrogen and oxygen atoms in total. The molecule has 0 radical (unpaired) electrons. The first-order valence-corrected chi connectivity index (χ1v) is 12.6. The Kier molecular flexibility index (Phi) is 6.62. The predicted octanol–water partition coefficient (Wildman–Crippen LogP) is 3.48. The number of sulfonamides is 1. The van der Waals surface area contributed by atoms with Crippen molar-refractivity contribution in [2.75, 3.05) is 18.4 Å². The van der Waals surface area contributed by atoms with Crippen molar-refractivity contribution in [2.45, 2.75) is 44.6 Å². The fraction of sp³-hybridized carbons (Fsp3) is 0.375. The second kappa shape index (κ2) is 9.44. The van der Waals surface area contributed by atoms with Gasteiger partial charge in [0.1, 0.15) is 0 Å². The van der Waals surface area contributed by atoms with Gasteiger partial charge in [-0.25, -0.2) is 13.1 Å². The quantitative estimate of drug-likeness (QED) is 0.597. The number of fused-ring (bicyclic) bond motifs is 1. The van der Waals surface area contributed by atoms with Gasteiger partial charge in [0.05, 0.1) is 10.3 Å². The van der Waals surface area contributed by atoms with Crippen LogP contribution in [0.2, 0.25) is 0 Å². The van der Waals surface area contributed by atoms with E-state index in [4.69, 9.17) is 0 Å². The molecule has 1 aliphatic rings. The first kappa shape index (κ1) is 23.1. The van der Waals surface area contributed by atoms with Crippen LogP contribution in [0.25, 0.3) is 10.8 Å². The molecule has 1 aliphatic heterocycles. The van der Waals surface area contributed by atoms with Gasteiger partial charge in [0.2, 0.25) is 10.0 Å². The fourth-order valence-corrected chi connectivity index (χ4v) is 5.61. The van der Waals surface area contributed by atoms with Crippen LogP contribution >= 0.6 is 0 Å². The number of anilines is 1. The lowest BCUT2D eigenvalue weighted by atomic mass is 10.1. The van der Waals surface area contributed by atoms with Crippen LogP contribution in [0.4, 0.5) is 5.69 Å².